The summed E-state index contributed by atoms with van der Waals surface area (Å²) in [5.41, 5.74) is 5.83. The highest BCUT2D eigenvalue weighted by Crippen LogP contribution is 2.34. The van der Waals surface area contributed by atoms with Gasteiger partial charge in [0.15, 0.2) is 22.3 Å². The Hall–Kier alpha value is -3.69. The van der Waals surface area contributed by atoms with E-state index in [4.69, 9.17) is 21.1 Å². The van der Waals surface area contributed by atoms with Crippen molar-refractivity contribution in [2.45, 2.75) is 20.8 Å². The zero-order chi connectivity index (χ0) is 24.1. The van der Waals surface area contributed by atoms with Crippen LogP contribution in [0.4, 0.5) is 5.13 Å². The Kier molecular flexibility index (Phi) is 7.24. The average Bonchev–Trinajstić information content (AvgIpc) is 3.24. The molecule has 0 amide bonds. The molecule has 4 rings (SSSR count). The van der Waals surface area contributed by atoms with E-state index in [1.807, 2.05) is 44.4 Å². The summed E-state index contributed by atoms with van der Waals surface area (Å²) in [5, 5.41) is 11.0. The number of anilines is 1. The van der Waals surface area contributed by atoms with E-state index in [-0.39, 0.29) is 10.8 Å². The van der Waals surface area contributed by atoms with Crippen LogP contribution < -0.4 is 20.5 Å². The van der Waals surface area contributed by atoms with Gasteiger partial charge in [-0.15, -0.1) is 11.3 Å². The zero-order valence-corrected chi connectivity index (χ0v) is 20.4. The lowest BCUT2D eigenvalue weighted by molar-refractivity contribution is 0.321. The molecule has 10 heteroatoms. The molecule has 2 aromatic carbocycles. The number of nitrogens with zero attached hydrogens (tertiary/aromatic N) is 4. The van der Waals surface area contributed by atoms with Gasteiger partial charge in [0.25, 0.3) is 5.56 Å². The molecule has 0 unspecified atom stereocenters. The van der Waals surface area contributed by atoms with Crippen molar-refractivity contribution in [3.05, 3.63) is 86.2 Å². The number of aromatic nitrogens is 3. The van der Waals surface area contributed by atoms with Crippen LogP contribution in [0.15, 0.2) is 63.9 Å². The van der Waals surface area contributed by atoms with Gasteiger partial charge in [0.05, 0.1) is 30.4 Å². The van der Waals surface area contributed by atoms with Crippen LogP contribution >= 0.6 is 22.9 Å². The van der Waals surface area contributed by atoms with E-state index >= 15 is 0 Å². The Morgan fingerprint density at radius 2 is 1.94 bits per heavy atom. The van der Waals surface area contributed by atoms with Crippen molar-refractivity contribution in [1.29, 1.82) is 0 Å². The van der Waals surface area contributed by atoms with E-state index in [0.29, 0.717) is 28.9 Å². The van der Waals surface area contributed by atoms with Gasteiger partial charge in [-0.3, -0.25) is 10.2 Å². The summed E-state index contributed by atoms with van der Waals surface area (Å²) in [6.07, 6.45) is 3.06. The molecule has 0 saturated carbocycles. The van der Waals surface area contributed by atoms with Crippen LogP contribution in [0.1, 0.15) is 23.7 Å². The fourth-order valence-corrected chi connectivity index (χ4v) is 3.81. The molecule has 0 fully saturated rings. The molecule has 0 bridgehead atoms. The maximum atomic E-state index is 12.8. The van der Waals surface area contributed by atoms with E-state index in [1.54, 1.807) is 30.5 Å². The van der Waals surface area contributed by atoms with Crippen LogP contribution in [0.3, 0.4) is 0 Å². The summed E-state index contributed by atoms with van der Waals surface area (Å²) in [6, 6.07) is 12.7. The van der Waals surface area contributed by atoms with Crippen molar-refractivity contribution < 1.29 is 9.47 Å². The smallest absolute Gasteiger partial charge is 0.294 e. The first-order valence-corrected chi connectivity index (χ1v) is 11.7. The van der Waals surface area contributed by atoms with Gasteiger partial charge < -0.3 is 9.47 Å². The maximum absolute atomic E-state index is 12.8. The number of hydrogen-bond donors (Lipinski definition) is 1. The second-order valence-corrected chi connectivity index (χ2v) is 8.52. The van der Waals surface area contributed by atoms with Crippen LogP contribution in [0.25, 0.3) is 5.69 Å². The minimum Gasteiger partial charge on any atom is -0.490 e. The quantitative estimate of drug-likeness (QED) is 0.253. The summed E-state index contributed by atoms with van der Waals surface area (Å²) in [7, 11) is 0. The molecule has 0 saturated heterocycles. The van der Waals surface area contributed by atoms with Crippen molar-refractivity contribution in [2.24, 2.45) is 5.10 Å². The van der Waals surface area contributed by atoms with Crippen molar-refractivity contribution >= 4 is 34.3 Å². The normalized spacial score (nSPS) is 11.1. The Morgan fingerprint density at radius 1 is 1.15 bits per heavy atom. The highest BCUT2D eigenvalue weighted by atomic mass is 35.5. The minimum absolute atomic E-state index is 0.0772. The lowest BCUT2D eigenvalue weighted by atomic mass is 10.2. The highest BCUT2D eigenvalue weighted by molar-refractivity contribution is 7.13. The van der Waals surface area contributed by atoms with Gasteiger partial charge in [-0.2, -0.15) is 14.9 Å². The third-order valence-electron chi connectivity index (χ3n) is 4.65. The first-order valence-electron chi connectivity index (χ1n) is 10.5. The van der Waals surface area contributed by atoms with Crippen molar-refractivity contribution in [1.82, 2.24) is 14.8 Å². The predicted molar refractivity (Wildman–Crippen MR) is 135 cm³/mol. The molecule has 2 aromatic heterocycles. The lowest BCUT2D eigenvalue weighted by Gasteiger charge is -2.13. The van der Waals surface area contributed by atoms with Crippen LogP contribution in [0.2, 0.25) is 5.02 Å². The number of thiazole rings is 1. The summed E-state index contributed by atoms with van der Waals surface area (Å²) < 4.78 is 12.9. The van der Waals surface area contributed by atoms with E-state index in [1.165, 1.54) is 22.2 Å². The van der Waals surface area contributed by atoms with Gasteiger partial charge in [-0.1, -0.05) is 29.3 Å². The molecule has 0 aliphatic heterocycles. The fourth-order valence-electron chi connectivity index (χ4n) is 3.00. The molecule has 2 heterocycles. The standard InChI is InChI=1S/C24H22ClN5O3S/c1-4-32-20-11-17(12-26-29-24-28-16(3)14-34-24)7-10-19(20)33-21-13-27-30(23(31)22(21)25)18-8-5-15(2)6-9-18/h5-14H,4H2,1-3H3,(H,28,29). The van der Waals surface area contributed by atoms with Crippen LogP contribution in [-0.4, -0.2) is 27.6 Å². The monoisotopic (exact) mass is 495 g/mol. The number of aryl methyl sites for hydroxylation is 2. The molecule has 0 atom stereocenters. The predicted octanol–water partition coefficient (Wildman–Crippen LogP) is 5.60. The van der Waals surface area contributed by atoms with Gasteiger partial charge >= 0.3 is 0 Å². The maximum Gasteiger partial charge on any atom is 0.294 e. The summed E-state index contributed by atoms with van der Waals surface area (Å²) >= 11 is 7.82. The number of hydrazone groups is 1. The van der Waals surface area contributed by atoms with E-state index in [0.717, 1.165) is 16.8 Å². The molecule has 1 N–H and O–H groups in total. The Bertz CT molecular complexity index is 1380. The number of halogens is 1. The molecular weight excluding hydrogens is 474 g/mol. The van der Waals surface area contributed by atoms with E-state index in [2.05, 4.69) is 20.6 Å². The van der Waals surface area contributed by atoms with Gasteiger partial charge in [0.2, 0.25) is 5.13 Å². The van der Waals surface area contributed by atoms with Gasteiger partial charge in [0.1, 0.15) is 0 Å². The average molecular weight is 496 g/mol. The van der Waals surface area contributed by atoms with Crippen LogP contribution in [0.5, 0.6) is 17.2 Å². The second kappa shape index (κ2) is 10.5. The van der Waals surface area contributed by atoms with Crippen LogP contribution in [-0.2, 0) is 0 Å². The third-order valence-corrected chi connectivity index (χ3v) is 5.86. The summed E-state index contributed by atoms with van der Waals surface area (Å²) in [5.74, 6) is 1.02. The van der Waals surface area contributed by atoms with Crippen LogP contribution in [0, 0.1) is 13.8 Å². The first kappa shape index (κ1) is 23.5. The molecule has 34 heavy (non-hydrogen) atoms. The van der Waals surface area contributed by atoms with Gasteiger partial charge in [0, 0.05) is 5.38 Å². The molecule has 0 radical (unpaired) electrons. The molecule has 174 valence electrons. The minimum atomic E-state index is -0.478. The SMILES string of the molecule is CCOc1cc(C=NNc2nc(C)cs2)ccc1Oc1cnn(-c2ccc(C)cc2)c(=O)c1Cl. The molecular formula is C24H22ClN5O3S. The third kappa shape index (κ3) is 5.44. The van der Waals surface area contributed by atoms with Crippen molar-refractivity contribution in [2.75, 3.05) is 12.0 Å². The molecule has 0 aliphatic rings. The summed E-state index contributed by atoms with van der Waals surface area (Å²) in [6.45, 7) is 6.18. The van der Waals surface area contributed by atoms with Gasteiger partial charge in [-0.05, 0) is 56.7 Å². The molecule has 4 aromatic rings. The number of nitrogens with one attached hydrogen (secondary N) is 1. The number of ether oxygens (including phenoxy) is 2. The van der Waals surface area contributed by atoms with E-state index in [9.17, 15) is 4.79 Å². The van der Waals surface area contributed by atoms with Crippen molar-refractivity contribution in [3.8, 4) is 22.9 Å². The topological polar surface area (TPSA) is 90.6 Å². The summed E-state index contributed by atoms with van der Waals surface area (Å²) in [4.78, 5) is 17.1. The second-order valence-electron chi connectivity index (χ2n) is 7.28. The Labute approximate surface area is 205 Å². The van der Waals surface area contributed by atoms with E-state index < -0.39 is 5.56 Å². The number of hydrogen-bond acceptors (Lipinski definition) is 8. The first-order chi connectivity index (χ1) is 16.4. The molecule has 0 spiro atoms. The molecule has 0 aliphatic carbocycles. The van der Waals surface area contributed by atoms with Gasteiger partial charge in [-0.25, -0.2) is 4.98 Å². The largest absolute Gasteiger partial charge is 0.490 e. The molecule has 8 nitrogen and oxygen atoms in total. The zero-order valence-electron chi connectivity index (χ0n) is 18.8. The van der Waals surface area contributed by atoms with Crippen molar-refractivity contribution in [3.63, 3.8) is 0 Å². The number of rotatable bonds is 8. The Balaban J connectivity index is 1.56. The Morgan fingerprint density at radius 3 is 2.65 bits per heavy atom. The fraction of sp³-hybridized carbons (Fsp3) is 0.167. The lowest BCUT2D eigenvalue weighted by Crippen LogP contribution is -2.21. The number of benzene rings is 2. The highest BCUT2D eigenvalue weighted by Gasteiger charge is 2.15.